The van der Waals surface area contributed by atoms with E-state index in [0.29, 0.717) is 5.92 Å². The van der Waals surface area contributed by atoms with Gasteiger partial charge in [-0.25, -0.2) is 14.5 Å². The van der Waals surface area contributed by atoms with E-state index in [4.69, 9.17) is 5.73 Å². The molecule has 0 saturated carbocycles. The van der Waals surface area contributed by atoms with Crippen LogP contribution < -0.4 is 5.73 Å². The van der Waals surface area contributed by atoms with Crippen molar-refractivity contribution in [2.24, 2.45) is 5.92 Å². The third-order valence-corrected chi connectivity index (χ3v) is 2.61. The van der Waals surface area contributed by atoms with E-state index in [1.54, 1.807) is 10.7 Å². The maximum Gasteiger partial charge on any atom is 0.238 e. The standard InChI is InChI=1S/C9H12BrN5/c1-5(2)3-7-13-8(10)6-4-12-9(11)14-15(6)7/h4-5H,3H2,1-2H3,(H2,11,14). The fraction of sp³-hybridized carbons (Fsp3) is 0.444. The highest BCUT2D eigenvalue weighted by atomic mass is 79.9. The normalized spacial score (nSPS) is 11.5. The average molecular weight is 270 g/mol. The zero-order chi connectivity index (χ0) is 11.0. The molecular weight excluding hydrogens is 258 g/mol. The van der Waals surface area contributed by atoms with Gasteiger partial charge < -0.3 is 5.73 Å². The van der Waals surface area contributed by atoms with Gasteiger partial charge in [0, 0.05) is 6.42 Å². The Bertz CT molecular complexity index is 490. The molecule has 0 bridgehead atoms. The molecule has 2 rings (SSSR count). The number of imidazole rings is 1. The third kappa shape index (κ3) is 1.94. The number of hydrogen-bond acceptors (Lipinski definition) is 4. The molecular formula is C9H12BrN5. The molecule has 2 N–H and O–H groups in total. The van der Waals surface area contributed by atoms with Crippen LogP contribution in [0.4, 0.5) is 5.95 Å². The van der Waals surface area contributed by atoms with E-state index >= 15 is 0 Å². The summed E-state index contributed by atoms with van der Waals surface area (Å²) in [6.07, 6.45) is 2.53. The monoisotopic (exact) mass is 269 g/mol. The molecule has 0 aliphatic rings. The minimum Gasteiger partial charge on any atom is -0.367 e. The van der Waals surface area contributed by atoms with Gasteiger partial charge in [-0.05, 0) is 21.8 Å². The lowest BCUT2D eigenvalue weighted by molar-refractivity contribution is 0.607. The molecule has 0 atom stereocenters. The van der Waals surface area contributed by atoms with Crippen LogP contribution in [0.3, 0.4) is 0 Å². The number of nitrogens with two attached hydrogens (primary N) is 1. The zero-order valence-corrected chi connectivity index (χ0v) is 10.2. The summed E-state index contributed by atoms with van der Waals surface area (Å²) in [6.45, 7) is 4.28. The minimum absolute atomic E-state index is 0.261. The van der Waals surface area contributed by atoms with E-state index in [1.807, 2.05) is 0 Å². The van der Waals surface area contributed by atoms with E-state index in [1.165, 1.54) is 0 Å². The van der Waals surface area contributed by atoms with Crippen LogP contribution in [0, 0.1) is 5.92 Å². The number of fused-ring (bicyclic) bond motifs is 1. The lowest BCUT2D eigenvalue weighted by Gasteiger charge is -2.02. The molecule has 15 heavy (non-hydrogen) atoms. The first-order chi connectivity index (χ1) is 7.08. The summed E-state index contributed by atoms with van der Waals surface area (Å²) in [4.78, 5) is 8.33. The second kappa shape index (κ2) is 3.77. The van der Waals surface area contributed by atoms with Gasteiger partial charge in [-0.1, -0.05) is 13.8 Å². The van der Waals surface area contributed by atoms with Gasteiger partial charge >= 0.3 is 0 Å². The molecule has 0 aromatic carbocycles. The number of aromatic nitrogens is 4. The van der Waals surface area contributed by atoms with Gasteiger partial charge in [0.15, 0.2) is 0 Å². The van der Waals surface area contributed by atoms with E-state index in [0.717, 1.165) is 22.4 Å². The van der Waals surface area contributed by atoms with Crippen LogP contribution in [0.25, 0.3) is 5.52 Å². The van der Waals surface area contributed by atoms with Crippen molar-refractivity contribution in [1.82, 2.24) is 19.6 Å². The van der Waals surface area contributed by atoms with Crippen LogP contribution in [-0.2, 0) is 6.42 Å². The van der Waals surface area contributed by atoms with Gasteiger partial charge in [0.1, 0.15) is 15.9 Å². The van der Waals surface area contributed by atoms with E-state index in [2.05, 4.69) is 44.8 Å². The lowest BCUT2D eigenvalue weighted by Crippen LogP contribution is -2.06. The molecule has 0 saturated heterocycles. The quantitative estimate of drug-likeness (QED) is 0.901. The largest absolute Gasteiger partial charge is 0.367 e. The van der Waals surface area contributed by atoms with Crippen LogP contribution in [0.1, 0.15) is 19.7 Å². The summed E-state index contributed by atoms with van der Waals surface area (Å²) in [7, 11) is 0. The fourth-order valence-corrected chi connectivity index (χ4v) is 1.89. The summed E-state index contributed by atoms with van der Waals surface area (Å²) in [5.74, 6) is 1.69. The molecule has 0 spiro atoms. The van der Waals surface area contributed by atoms with Gasteiger partial charge in [0.2, 0.25) is 5.95 Å². The molecule has 6 heteroatoms. The molecule has 5 nitrogen and oxygen atoms in total. The lowest BCUT2D eigenvalue weighted by atomic mass is 10.1. The van der Waals surface area contributed by atoms with Gasteiger partial charge in [-0.2, -0.15) is 0 Å². The van der Waals surface area contributed by atoms with Crippen molar-refractivity contribution in [2.75, 3.05) is 5.73 Å². The third-order valence-electron chi connectivity index (χ3n) is 2.02. The average Bonchev–Trinajstić information content (AvgIpc) is 2.42. The Hall–Kier alpha value is -1.17. The zero-order valence-electron chi connectivity index (χ0n) is 8.61. The van der Waals surface area contributed by atoms with Crippen molar-refractivity contribution in [3.8, 4) is 0 Å². The number of nitrogen functional groups attached to an aromatic ring is 1. The van der Waals surface area contributed by atoms with E-state index in [9.17, 15) is 0 Å². The van der Waals surface area contributed by atoms with Crippen LogP contribution >= 0.6 is 15.9 Å². The van der Waals surface area contributed by atoms with Gasteiger partial charge in [0.05, 0.1) is 6.20 Å². The molecule has 2 heterocycles. The summed E-state index contributed by atoms with van der Waals surface area (Å²) < 4.78 is 2.50. The number of nitrogens with zero attached hydrogens (tertiary/aromatic N) is 4. The predicted molar refractivity (Wildman–Crippen MR) is 61.4 cm³/mol. The second-order valence-electron chi connectivity index (χ2n) is 3.83. The fourth-order valence-electron chi connectivity index (χ4n) is 1.42. The molecule has 2 aromatic rings. The molecule has 0 aliphatic heterocycles. The highest BCUT2D eigenvalue weighted by Crippen LogP contribution is 2.19. The molecule has 0 amide bonds. The molecule has 0 unspecified atom stereocenters. The van der Waals surface area contributed by atoms with E-state index in [-0.39, 0.29) is 5.95 Å². The summed E-state index contributed by atoms with van der Waals surface area (Å²) in [5, 5.41) is 4.14. The number of rotatable bonds is 2. The van der Waals surface area contributed by atoms with Crippen LogP contribution in [0.5, 0.6) is 0 Å². The van der Waals surface area contributed by atoms with Crippen LogP contribution in [0.2, 0.25) is 0 Å². The van der Waals surface area contributed by atoms with Gasteiger partial charge in [-0.3, -0.25) is 0 Å². The maximum absolute atomic E-state index is 5.55. The summed E-state index contributed by atoms with van der Waals surface area (Å²) in [6, 6.07) is 0. The highest BCUT2D eigenvalue weighted by Gasteiger charge is 2.11. The van der Waals surface area contributed by atoms with Crippen molar-refractivity contribution in [1.29, 1.82) is 0 Å². The van der Waals surface area contributed by atoms with Crippen LogP contribution in [-0.4, -0.2) is 19.6 Å². The van der Waals surface area contributed by atoms with Crippen molar-refractivity contribution >= 4 is 27.4 Å². The molecule has 0 aliphatic carbocycles. The van der Waals surface area contributed by atoms with E-state index < -0.39 is 0 Å². The number of anilines is 1. The Labute approximate surface area is 95.8 Å². The second-order valence-corrected chi connectivity index (χ2v) is 4.58. The van der Waals surface area contributed by atoms with Crippen molar-refractivity contribution in [3.05, 3.63) is 16.6 Å². The Morgan fingerprint density at radius 2 is 2.27 bits per heavy atom. The molecule has 80 valence electrons. The topological polar surface area (TPSA) is 69.1 Å². The predicted octanol–water partition coefficient (Wildman–Crippen LogP) is 1.67. The number of halogens is 1. The Morgan fingerprint density at radius 1 is 1.53 bits per heavy atom. The SMILES string of the molecule is CC(C)Cc1nc(Br)c2cnc(N)nn12. The first-order valence-electron chi connectivity index (χ1n) is 4.73. The van der Waals surface area contributed by atoms with Gasteiger partial charge in [-0.15, -0.1) is 5.10 Å². The Kier molecular flexibility index (Phi) is 2.60. The van der Waals surface area contributed by atoms with Crippen molar-refractivity contribution in [2.45, 2.75) is 20.3 Å². The molecule has 0 fully saturated rings. The molecule has 2 aromatic heterocycles. The first-order valence-corrected chi connectivity index (χ1v) is 5.53. The van der Waals surface area contributed by atoms with Crippen molar-refractivity contribution in [3.63, 3.8) is 0 Å². The van der Waals surface area contributed by atoms with Gasteiger partial charge in [0.25, 0.3) is 0 Å². The molecule has 0 radical (unpaired) electrons. The summed E-state index contributed by atoms with van der Waals surface area (Å²) in [5.41, 5.74) is 6.39. The Balaban J connectivity index is 2.59. The smallest absolute Gasteiger partial charge is 0.238 e. The maximum atomic E-state index is 5.55. The Morgan fingerprint density at radius 3 is 2.93 bits per heavy atom. The first kappa shape index (κ1) is 10.4. The summed E-state index contributed by atoms with van der Waals surface area (Å²) >= 11 is 3.38. The van der Waals surface area contributed by atoms with Crippen LogP contribution in [0.15, 0.2) is 10.8 Å². The van der Waals surface area contributed by atoms with Crippen molar-refractivity contribution < 1.29 is 0 Å². The minimum atomic E-state index is 0.261. The number of hydrogen-bond donors (Lipinski definition) is 1. The highest BCUT2D eigenvalue weighted by molar-refractivity contribution is 9.10.